The average molecular weight is 470 g/mol. The Morgan fingerprint density at radius 3 is 2.46 bits per heavy atom. The molecule has 10 heteroatoms. The van der Waals surface area contributed by atoms with Gasteiger partial charge in [0, 0.05) is 17.8 Å². The number of aromatic nitrogens is 3. The van der Waals surface area contributed by atoms with Crippen LogP contribution in [0.25, 0.3) is 11.0 Å². The molecule has 0 aliphatic heterocycles. The number of benzene rings is 2. The Kier molecular flexibility index (Phi) is 6.08. The summed E-state index contributed by atoms with van der Waals surface area (Å²) in [7, 11) is 1.45. The van der Waals surface area contributed by atoms with Crippen LogP contribution in [-0.2, 0) is 0 Å². The zero-order valence-corrected chi connectivity index (χ0v) is 19.4. The summed E-state index contributed by atoms with van der Waals surface area (Å²) in [5.41, 5.74) is 14.1. The highest BCUT2D eigenvalue weighted by Gasteiger charge is 2.25. The van der Waals surface area contributed by atoms with Crippen molar-refractivity contribution in [3.8, 4) is 11.8 Å². The maximum absolute atomic E-state index is 13.7. The van der Waals surface area contributed by atoms with Gasteiger partial charge in [-0.05, 0) is 56.3 Å². The van der Waals surface area contributed by atoms with E-state index < -0.39 is 6.03 Å². The van der Waals surface area contributed by atoms with E-state index in [1.807, 2.05) is 24.5 Å². The molecule has 10 nitrogen and oxygen atoms in total. The fraction of sp³-hybridized carbons (Fsp3) is 0.160. The largest absolute Gasteiger partial charge is 0.495 e. The molecule has 0 saturated heterocycles. The Labute approximate surface area is 201 Å². The maximum Gasteiger partial charge on any atom is 0.324 e. The van der Waals surface area contributed by atoms with Crippen molar-refractivity contribution in [1.82, 2.24) is 14.5 Å². The third kappa shape index (κ3) is 4.11. The van der Waals surface area contributed by atoms with Crippen LogP contribution in [0.2, 0.25) is 0 Å². The Bertz CT molecular complexity index is 1480. The van der Waals surface area contributed by atoms with Crippen LogP contribution in [0.15, 0.2) is 55.0 Å². The molecular weight excluding hydrogens is 446 g/mol. The highest BCUT2D eigenvalue weighted by Crippen LogP contribution is 2.36. The number of primary amides is 1. The molecule has 0 atom stereocenters. The van der Waals surface area contributed by atoms with Crippen molar-refractivity contribution in [2.24, 2.45) is 5.73 Å². The summed E-state index contributed by atoms with van der Waals surface area (Å²) in [6, 6.07) is 12.3. The molecule has 176 valence electrons. The molecular formula is C25H23N7O3. The molecule has 4 rings (SSSR count). The highest BCUT2D eigenvalue weighted by atomic mass is 16.5. The minimum atomic E-state index is -0.785. The second-order valence-corrected chi connectivity index (χ2v) is 8.05. The van der Waals surface area contributed by atoms with Crippen LogP contribution in [0.1, 0.15) is 41.4 Å². The summed E-state index contributed by atoms with van der Waals surface area (Å²) in [4.78, 5) is 35.7. The Balaban J connectivity index is 1.87. The summed E-state index contributed by atoms with van der Waals surface area (Å²) < 4.78 is 7.31. The van der Waals surface area contributed by atoms with Gasteiger partial charge in [-0.2, -0.15) is 5.26 Å². The molecule has 4 N–H and O–H groups in total. The number of hydrogen-bond acceptors (Lipinski definition) is 7. The molecule has 0 spiro atoms. The number of carbonyl (C=O) groups is 2. The number of carbonyl (C=O) groups excluding carboxylic acids is 2. The minimum Gasteiger partial charge on any atom is -0.495 e. The molecule has 0 saturated carbocycles. The molecule has 2 aromatic heterocycles. The van der Waals surface area contributed by atoms with Crippen LogP contribution in [-0.4, -0.2) is 33.5 Å². The van der Waals surface area contributed by atoms with Gasteiger partial charge in [0.15, 0.2) is 5.78 Å². The van der Waals surface area contributed by atoms with E-state index in [0.717, 1.165) is 0 Å². The topological polar surface area (TPSA) is 153 Å². The fourth-order valence-corrected chi connectivity index (χ4v) is 3.91. The van der Waals surface area contributed by atoms with Gasteiger partial charge in [0.2, 0.25) is 0 Å². The van der Waals surface area contributed by atoms with E-state index in [4.69, 9.17) is 21.5 Å². The van der Waals surface area contributed by atoms with Gasteiger partial charge in [-0.1, -0.05) is 0 Å². The fourth-order valence-electron chi connectivity index (χ4n) is 3.91. The number of anilines is 3. The summed E-state index contributed by atoms with van der Waals surface area (Å²) in [6.07, 6.45) is 3.07. The van der Waals surface area contributed by atoms with E-state index in [9.17, 15) is 9.59 Å². The number of fused-ring (bicyclic) bond motifs is 1. The molecule has 0 aliphatic rings. The lowest BCUT2D eigenvalue weighted by Crippen LogP contribution is -2.32. The van der Waals surface area contributed by atoms with E-state index in [1.54, 1.807) is 42.6 Å². The molecule has 0 bridgehead atoms. The number of methoxy groups -OCH3 is 1. The van der Waals surface area contributed by atoms with Crippen molar-refractivity contribution < 1.29 is 14.3 Å². The van der Waals surface area contributed by atoms with Gasteiger partial charge in [0.1, 0.15) is 23.5 Å². The molecule has 2 aromatic carbocycles. The molecule has 0 aliphatic carbocycles. The quantitative estimate of drug-likeness (QED) is 0.406. The molecule has 2 amide bonds. The lowest BCUT2D eigenvalue weighted by atomic mass is 10.0. The molecule has 0 fully saturated rings. The summed E-state index contributed by atoms with van der Waals surface area (Å²) in [5, 5.41) is 9.54. The number of amides is 2. The number of rotatable bonds is 6. The number of nitrogens with zero attached hydrogens (tertiary/aromatic N) is 5. The molecule has 0 radical (unpaired) electrons. The lowest BCUT2D eigenvalue weighted by molar-refractivity contribution is 0.104. The average Bonchev–Trinajstić information content (AvgIpc) is 3.25. The molecule has 0 unspecified atom stereocenters. The first-order chi connectivity index (χ1) is 16.8. The van der Waals surface area contributed by atoms with E-state index in [2.05, 4.69) is 9.97 Å². The van der Waals surface area contributed by atoms with Crippen LogP contribution < -0.4 is 21.1 Å². The Morgan fingerprint density at radius 1 is 1.14 bits per heavy atom. The number of nitrogen functional groups attached to an aromatic ring is 1. The Hall–Kier alpha value is -4.91. The predicted molar refractivity (Wildman–Crippen MR) is 132 cm³/mol. The van der Waals surface area contributed by atoms with Crippen LogP contribution in [0.5, 0.6) is 5.75 Å². The maximum atomic E-state index is 13.7. The van der Waals surface area contributed by atoms with Crippen molar-refractivity contribution in [3.63, 3.8) is 0 Å². The second kappa shape index (κ2) is 9.15. The predicted octanol–water partition coefficient (Wildman–Crippen LogP) is 3.92. The van der Waals surface area contributed by atoms with Crippen LogP contribution >= 0.6 is 0 Å². The second-order valence-electron chi connectivity index (χ2n) is 8.05. The third-order valence-corrected chi connectivity index (χ3v) is 5.60. The number of ketones is 1. The van der Waals surface area contributed by atoms with Gasteiger partial charge in [0.05, 0.1) is 41.1 Å². The molecule has 35 heavy (non-hydrogen) atoms. The third-order valence-electron chi connectivity index (χ3n) is 5.60. The normalized spacial score (nSPS) is 10.8. The zero-order valence-electron chi connectivity index (χ0n) is 19.4. The highest BCUT2D eigenvalue weighted by molar-refractivity contribution is 6.18. The van der Waals surface area contributed by atoms with Gasteiger partial charge in [0.25, 0.3) is 0 Å². The first-order valence-corrected chi connectivity index (χ1v) is 10.7. The van der Waals surface area contributed by atoms with Crippen LogP contribution in [0.3, 0.4) is 0 Å². The van der Waals surface area contributed by atoms with Gasteiger partial charge in [-0.3, -0.25) is 9.69 Å². The number of nitrogens with two attached hydrogens (primary N) is 2. The zero-order chi connectivity index (χ0) is 25.3. The van der Waals surface area contributed by atoms with Gasteiger partial charge >= 0.3 is 6.03 Å². The first kappa shape index (κ1) is 23.3. The van der Waals surface area contributed by atoms with Gasteiger partial charge < -0.3 is 20.8 Å². The SMILES string of the molecule is COc1ccc(C(=O)c2cn(C(C)C)c3ncnc(N)c23)cc1N(C(N)=O)c1ccc(C#N)cc1. The monoisotopic (exact) mass is 469 g/mol. The van der Waals surface area contributed by atoms with Crippen molar-refractivity contribution in [2.75, 3.05) is 17.7 Å². The van der Waals surface area contributed by atoms with E-state index in [0.29, 0.717) is 33.6 Å². The number of ether oxygens (including phenoxy) is 1. The first-order valence-electron chi connectivity index (χ1n) is 10.7. The van der Waals surface area contributed by atoms with E-state index >= 15 is 0 Å². The number of urea groups is 1. The molecule has 2 heterocycles. The lowest BCUT2D eigenvalue weighted by Gasteiger charge is -2.23. The summed E-state index contributed by atoms with van der Waals surface area (Å²) in [5.74, 6) is 0.198. The summed E-state index contributed by atoms with van der Waals surface area (Å²) >= 11 is 0. The minimum absolute atomic E-state index is 0.0292. The van der Waals surface area contributed by atoms with Crippen molar-refractivity contribution in [1.29, 1.82) is 5.26 Å². The van der Waals surface area contributed by atoms with E-state index in [-0.39, 0.29) is 28.9 Å². The number of hydrogen-bond donors (Lipinski definition) is 2. The summed E-state index contributed by atoms with van der Waals surface area (Å²) in [6.45, 7) is 3.94. The van der Waals surface area contributed by atoms with Crippen LogP contribution in [0.4, 0.5) is 22.0 Å². The van der Waals surface area contributed by atoms with Crippen LogP contribution in [0, 0.1) is 11.3 Å². The van der Waals surface area contributed by atoms with Crippen molar-refractivity contribution in [2.45, 2.75) is 19.9 Å². The Morgan fingerprint density at radius 2 is 1.86 bits per heavy atom. The standard InChI is InChI=1S/C25H23N7O3/c1-14(2)31-12-18(21-23(27)29-13-30-24(21)31)22(33)16-6-9-20(35-3)19(10-16)32(25(28)34)17-7-4-15(11-26)5-8-17/h4-10,12-14H,1-3H3,(H2,28,34)(H2,27,29,30). The van der Waals surface area contributed by atoms with Gasteiger partial charge in [-0.25, -0.2) is 14.8 Å². The molecule has 4 aromatic rings. The van der Waals surface area contributed by atoms with Gasteiger partial charge in [-0.15, -0.1) is 0 Å². The smallest absolute Gasteiger partial charge is 0.324 e. The van der Waals surface area contributed by atoms with E-state index in [1.165, 1.54) is 24.4 Å². The van der Waals surface area contributed by atoms with Crippen molar-refractivity contribution in [3.05, 3.63) is 71.7 Å². The van der Waals surface area contributed by atoms with Crippen molar-refractivity contribution >= 4 is 40.0 Å². The number of nitriles is 1.